The zero-order valence-electron chi connectivity index (χ0n) is 10.5. The van der Waals surface area contributed by atoms with E-state index in [0.29, 0.717) is 5.41 Å². The second-order valence-corrected chi connectivity index (χ2v) is 6.32. The lowest BCUT2D eigenvalue weighted by atomic mass is 9.84. The minimum absolute atomic E-state index is 0.368. The first-order valence-electron chi connectivity index (χ1n) is 6.26. The van der Waals surface area contributed by atoms with Gasteiger partial charge < -0.3 is 5.32 Å². The third-order valence-electron chi connectivity index (χ3n) is 3.49. The van der Waals surface area contributed by atoms with Gasteiger partial charge >= 0.3 is 0 Å². The molecule has 90 valence electrons. The van der Waals surface area contributed by atoms with Crippen LogP contribution in [0.3, 0.4) is 0 Å². The molecule has 0 radical (unpaired) electrons. The lowest BCUT2D eigenvalue weighted by molar-refractivity contribution is 0.289. The summed E-state index contributed by atoms with van der Waals surface area (Å²) in [5, 5.41) is 7.10. The summed E-state index contributed by atoms with van der Waals surface area (Å²) < 4.78 is 0. The highest BCUT2D eigenvalue weighted by Gasteiger charge is 2.28. The molecule has 0 spiro atoms. The summed E-state index contributed by atoms with van der Waals surface area (Å²) in [6, 6.07) is 0.809. The third kappa shape index (κ3) is 3.29. The fraction of sp³-hybridized carbons (Fsp3) is 0.769. The van der Waals surface area contributed by atoms with Crippen molar-refractivity contribution in [3.8, 4) is 0 Å². The van der Waals surface area contributed by atoms with E-state index in [1.165, 1.54) is 24.3 Å². The van der Waals surface area contributed by atoms with Crippen LogP contribution in [0.1, 0.15) is 43.8 Å². The second-order valence-electron chi connectivity index (χ2n) is 5.38. The number of nitrogens with one attached hydrogen (secondary N) is 1. The van der Waals surface area contributed by atoms with Crippen LogP contribution in [0.25, 0.3) is 0 Å². The van der Waals surface area contributed by atoms with Crippen LogP contribution in [0.4, 0.5) is 0 Å². The summed E-state index contributed by atoms with van der Waals surface area (Å²) in [5.74, 6) is 0. The van der Waals surface area contributed by atoms with E-state index in [4.69, 9.17) is 0 Å². The Morgan fingerprint density at radius 3 is 2.81 bits per heavy atom. The van der Waals surface area contributed by atoms with Gasteiger partial charge in [-0.1, -0.05) is 13.8 Å². The van der Waals surface area contributed by atoms with Crippen molar-refractivity contribution in [2.24, 2.45) is 5.41 Å². The molecule has 1 N–H and O–H groups in total. The third-order valence-corrected chi connectivity index (χ3v) is 4.46. The van der Waals surface area contributed by atoms with Crippen molar-refractivity contribution in [3.05, 3.63) is 16.1 Å². The van der Waals surface area contributed by atoms with Gasteiger partial charge in [-0.05, 0) is 31.6 Å². The van der Waals surface area contributed by atoms with Crippen molar-refractivity contribution >= 4 is 11.3 Å². The molecule has 0 bridgehead atoms. The first-order chi connectivity index (χ1) is 7.61. The molecule has 1 saturated carbocycles. The topological polar surface area (TPSA) is 24.9 Å². The van der Waals surface area contributed by atoms with Crippen LogP contribution < -0.4 is 5.32 Å². The predicted molar refractivity (Wildman–Crippen MR) is 70.0 cm³/mol. The number of rotatable bonds is 6. The van der Waals surface area contributed by atoms with Gasteiger partial charge in [-0.15, -0.1) is 11.3 Å². The van der Waals surface area contributed by atoms with Gasteiger partial charge in [0.05, 0.1) is 5.01 Å². The SMILES string of the molecule is CCC(C)(CNC1CC1)Cc1nc(C)cs1. The molecule has 1 heterocycles. The molecular weight excluding hydrogens is 216 g/mol. The van der Waals surface area contributed by atoms with E-state index in [-0.39, 0.29) is 0 Å². The van der Waals surface area contributed by atoms with Gasteiger partial charge in [0.25, 0.3) is 0 Å². The molecule has 2 nitrogen and oxygen atoms in total. The Kier molecular flexibility index (Phi) is 3.65. The summed E-state index contributed by atoms with van der Waals surface area (Å²) >= 11 is 1.80. The van der Waals surface area contributed by atoms with Gasteiger partial charge in [0.2, 0.25) is 0 Å². The Morgan fingerprint density at radius 2 is 2.31 bits per heavy atom. The lowest BCUT2D eigenvalue weighted by Gasteiger charge is -2.27. The molecule has 0 amide bonds. The van der Waals surface area contributed by atoms with Crippen LogP contribution in [0.5, 0.6) is 0 Å². The van der Waals surface area contributed by atoms with Crippen LogP contribution in [0, 0.1) is 12.3 Å². The highest BCUT2D eigenvalue weighted by Crippen LogP contribution is 2.29. The van der Waals surface area contributed by atoms with Gasteiger partial charge in [0.1, 0.15) is 0 Å². The van der Waals surface area contributed by atoms with Crippen LogP contribution in [-0.4, -0.2) is 17.6 Å². The molecule has 1 fully saturated rings. The van der Waals surface area contributed by atoms with Gasteiger partial charge in [-0.3, -0.25) is 0 Å². The predicted octanol–water partition coefficient (Wildman–Crippen LogP) is 3.16. The first-order valence-corrected chi connectivity index (χ1v) is 7.14. The normalized spacial score (nSPS) is 19.7. The minimum atomic E-state index is 0.368. The first kappa shape index (κ1) is 12.1. The van der Waals surface area contributed by atoms with E-state index < -0.39 is 0 Å². The Bertz CT molecular complexity index is 343. The fourth-order valence-electron chi connectivity index (χ4n) is 1.84. The van der Waals surface area contributed by atoms with Crippen molar-refractivity contribution in [1.82, 2.24) is 10.3 Å². The molecule has 1 atom stereocenters. The number of aromatic nitrogens is 1. The number of aryl methyl sites for hydroxylation is 1. The number of thiazole rings is 1. The molecule has 1 unspecified atom stereocenters. The smallest absolute Gasteiger partial charge is 0.0934 e. The van der Waals surface area contributed by atoms with E-state index in [0.717, 1.165) is 24.7 Å². The zero-order chi connectivity index (χ0) is 11.6. The summed E-state index contributed by atoms with van der Waals surface area (Å²) in [6.45, 7) is 7.87. The second kappa shape index (κ2) is 4.84. The monoisotopic (exact) mass is 238 g/mol. The molecule has 1 aromatic heterocycles. The average molecular weight is 238 g/mol. The van der Waals surface area contributed by atoms with E-state index in [9.17, 15) is 0 Å². The Labute approximate surface area is 102 Å². The molecule has 2 rings (SSSR count). The van der Waals surface area contributed by atoms with Gasteiger partial charge in [-0.25, -0.2) is 4.98 Å². The van der Waals surface area contributed by atoms with Crippen molar-refractivity contribution in [2.75, 3.05) is 6.54 Å². The maximum atomic E-state index is 4.58. The quantitative estimate of drug-likeness (QED) is 0.823. The van der Waals surface area contributed by atoms with E-state index in [1.54, 1.807) is 11.3 Å². The van der Waals surface area contributed by atoms with Gasteiger partial charge in [0.15, 0.2) is 0 Å². The molecule has 3 heteroatoms. The number of nitrogens with zero attached hydrogens (tertiary/aromatic N) is 1. The Balaban J connectivity index is 1.91. The average Bonchev–Trinajstić information content (AvgIpc) is 3.01. The van der Waals surface area contributed by atoms with E-state index >= 15 is 0 Å². The molecule has 0 aliphatic heterocycles. The molecule has 1 aliphatic carbocycles. The number of hydrogen-bond acceptors (Lipinski definition) is 3. The van der Waals surface area contributed by atoms with Gasteiger partial charge in [0, 0.05) is 30.1 Å². The summed E-state index contributed by atoms with van der Waals surface area (Å²) in [6.07, 6.45) is 5.07. The maximum absolute atomic E-state index is 4.58. The molecule has 1 aliphatic rings. The van der Waals surface area contributed by atoms with Crippen molar-refractivity contribution in [2.45, 2.75) is 52.5 Å². The summed E-state index contributed by atoms with van der Waals surface area (Å²) in [7, 11) is 0. The minimum Gasteiger partial charge on any atom is -0.313 e. The van der Waals surface area contributed by atoms with Crippen LogP contribution in [0.2, 0.25) is 0 Å². The summed E-state index contributed by atoms with van der Waals surface area (Å²) in [4.78, 5) is 4.58. The largest absolute Gasteiger partial charge is 0.313 e. The van der Waals surface area contributed by atoms with Crippen molar-refractivity contribution < 1.29 is 0 Å². The van der Waals surface area contributed by atoms with E-state index in [1.807, 2.05) is 0 Å². The number of hydrogen-bond donors (Lipinski definition) is 1. The van der Waals surface area contributed by atoms with E-state index in [2.05, 4.69) is 36.5 Å². The maximum Gasteiger partial charge on any atom is 0.0934 e. The lowest BCUT2D eigenvalue weighted by Crippen LogP contribution is -2.34. The fourth-order valence-corrected chi connectivity index (χ4v) is 2.83. The van der Waals surface area contributed by atoms with Crippen molar-refractivity contribution in [1.29, 1.82) is 0 Å². The van der Waals surface area contributed by atoms with Crippen LogP contribution in [0.15, 0.2) is 5.38 Å². The summed E-state index contributed by atoms with van der Waals surface area (Å²) in [5.41, 5.74) is 1.53. The standard InChI is InChI=1S/C13H22N2S/c1-4-13(3,9-14-11-5-6-11)7-12-15-10(2)8-16-12/h8,11,14H,4-7,9H2,1-3H3. The zero-order valence-corrected chi connectivity index (χ0v) is 11.4. The van der Waals surface area contributed by atoms with Crippen LogP contribution >= 0.6 is 11.3 Å². The molecule has 0 aromatic carbocycles. The molecule has 1 aromatic rings. The van der Waals surface area contributed by atoms with Gasteiger partial charge in [-0.2, -0.15) is 0 Å². The highest BCUT2D eigenvalue weighted by molar-refractivity contribution is 7.09. The Morgan fingerprint density at radius 1 is 1.56 bits per heavy atom. The highest BCUT2D eigenvalue weighted by atomic mass is 32.1. The molecular formula is C13H22N2S. The molecule has 16 heavy (non-hydrogen) atoms. The van der Waals surface area contributed by atoms with Crippen LogP contribution in [-0.2, 0) is 6.42 Å². The molecule has 0 saturated heterocycles. The Hall–Kier alpha value is -0.410. The van der Waals surface area contributed by atoms with Crippen molar-refractivity contribution in [3.63, 3.8) is 0 Å².